The van der Waals surface area contributed by atoms with Crippen LogP contribution in [0.4, 0.5) is 0 Å². The minimum absolute atomic E-state index is 1.18. The maximum Gasteiger partial charge on any atom is -0.0316 e. The first-order valence-electron chi connectivity index (χ1n) is 6.07. The number of hydrogen-bond acceptors (Lipinski definition) is 0. The molecule has 0 unspecified atom stereocenters. The van der Waals surface area contributed by atoms with Crippen molar-refractivity contribution in [3.05, 3.63) is 35.5 Å². The van der Waals surface area contributed by atoms with Gasteiger partial charge in [0.05, 0.1) is 0 Å². The fourth-order valence-electron chi connectivity index (χ4n) is 1.33. The third kappa shape index (κ3) is 9.52. The van der Waals surface area contributed by atoms with Crippen molar-refractivity contribution in [3.8, 4) is 0 Å². The Labute approximate surface area is 95.8 Å². The highest BCUT2D eigenvalue weighted by Gasteiger charge is 1.91. The highest BCUT2D eigenvalue weighted by atomic mass is 14.0. The van der Waals surface area contributed by atoms with Gasteiger partial charge in [0, 0.05) is 0 Å². The predicted molar refractivity (Wildman–Crippen MR) is 71.1 cm³/mol. The van der Waals surface area contributed by atoms with Crippen molar-refractivity contribution in [1.82, 2.24) is 0 Å². The monoisotopic (exact) mass is 206 g/mol. The Bertz CT molecular complexity index is 224. The van der Waals surface area contributed by atoms with Crippen molar-refractivity contribution in [2.24, 2.45) is 0 Å². The average molecular weight is 206 g/mol. The second-order valence-electron chi connectivity index (χ2n) is 4.29. The van der Waals surface area contributed by atoms with Crippen LogP contribution in [-0.2, 0) is 0 Å². The van der Waals surface area contributed by atoms with E-state index in [1.165, 1.54) is 37.7 Å². The summed E-state index contributed by atoms with van der Waals surface area (Å²) in [6.45, 7) is 8.71. The lowest BCUT2D eigenvalue weighted by Crippen LogP contribution is -1.80. The molecule has 86 valence electrons. The number of rotatable bonds is 7. The van der Waals surface area contributed by atoms with Crippen LogP contribution in [0.1, 0.15) is 59.8 Å². The molecule has 0 aliphatic carbocycles. The van der Waals surface area contributed by atoms with Crippen molar-refractivity contribution in [2.75, 3.05) is 0 Å². The van der Waals surface area contributed by atoms with Gasteiger partial charge in [-0.15, -0.1) is 0 Å². The van der Waals surface area contributed by atoms with E-state index >= 15 is 0 Å². The molecule has 0 aromatic rings. The molecular formula is C15H26. The molecule has 0 N–H and O–H groups in total. The zero-order chi connectivity index (χ0) is 11.5. The Kier molecular flexibility index (Phi) is 9.26. The number of hydrogen-bond donors (Lipinski definition) is 0. The zero-order valence-electron chi connectivity index (χ0n) is 10.8. The maximum absolute atomic E-state index is 2.32. The van der Waals surface area contributed by atoms with E-state index in [-0.39, 0.29) is 0 Å². The molecule has 0 radical (unpaired) electrons. The van der Waals surface area contributed by atoms with Crippen molar-refractivity contribution in [1.29, 1.82) is 0 Å². The molecule has 0 aromatic carbocycles. The first kappa shape index (κ1) is 14.2. The van der Waals surface area contributed by atoms with Gasteiger partial charge in [-0.3, -0.25) is 0 Å². The van der Waals surface area contributed by atoms with E-state index in [4.69, 9.17) is 0 Å². The molecule has 0 saturated heterocycles. The highest BCUT2D eigenvalue weighted by molar-refractivity contribution is 5.06. The standard InChI is InChI=1S/C15H26/c1-5-6-7-8-9-10-11-12-13-15(4)14(2)3/h5-6,9-10H,7-8,11-13H2,1-4H3. The molecule has 0 atom stereocenters. The molecule has 0 aromatic heterocycles. The topological polar surface area (TPSA) is 0 Å². The fraction of sp³-hybridized carbons (Fsp3) is 0.600. The van der Waals surface area contributed by atoms with Crippen LogP contribution in [-0.4, -0.2) is 0 Å². The first-order valence-corrected chi connectivity index (χ1v) is 6.07. The maximum atomic E-state index is 2.32. The summed E-state index contributed by atoms with van der Waals surface area (Å²) in [5.74, 6) is 0. The van der Waals surface area contributed by atoms with Gasteiger partial charge in [0.2, 0.25) is 0 Å². The Balaban J connectivity index is 3.42. The molecule has 0 heteroatoms. The van der Waals surface area contributed by atoms with Crippen LogP contribution in [0.2, 0.25) is 0 Å². The molecule has 0 saturated carbocycles. The molecule has 0 aliphatic heterocycles. The molecule has 0 fully saturated rings. The molecule has 0 bridgehead atoms. The Morgan fingerprint density at radius 2 is 1.47 bits per heavy atom. The van der Waals surface area contributed by atoms with Crippen molar-refractivity contribution in [3.63, 3.8) is 0 Å². The summed E-state index contributed by atoms with van der Waals surface area (Å²) >= 11 is 0. The summed E-state index contributed by atoms with van der Waals surface area (Å²) in [7, 11) is 0. The molecular weight excluding hydrogens is 180 g/mol. The van der Waals surface area contributed by atoms with Crippen LogP contribution in [0.25, 0.3) is 0 Å². The Morgan fingerprint density at radius 3 is 2.07 bits per heavy atom. The molecule has 0 spiro atoms. The third-order valence-electron chi connectivity index (χ3n) is 2.68. The van der Waals surface area contributed by atoms with Crippen molar-refractivity contribution in [2.45, 2.75) is 59.8 Å². The van der Waals surface area contributed by atoms with Crippen molar-refractivity contribution < 1.29 is 0 Å². The van der Waals surface area contributed by atoms with Crippen LogP contribution in [0.3, 0.4) is 0 Å². The van der Waals surface area contributed by atoms with Crippen LogP contribution in [0, 0.1) is 0 Å². The van der Waals surface area contributed by atoms with E-state index in [9.17, 15) is 0 Å². The van der Waals surface area contributed by atoms with Crippen LogP contribution >= 0.6 is 0 Å². The Morgan fingerprint density at radius 1 is 0.867 bits per heavy atom. The van der Waals surface area contributed by atoms with E-state index in [0.717, 1.165) is 0 Å². The Hall–Kier alpha value is -0.780. The molecule has 0 rings (SSSR count). The quantitative estimate of drug-likeness (QED) is 0.385. The molecule has 15 heavy (non-hydrogen) atoms. The van der Waals surface area contributed by atoms with Gasteiger partial charge in [-0.1, -0.05) is 35.5 Å². The summed E-state index contributed by atoms with van der Waals surface area (Å²) < 4.78 is 0. The van der Waals surface area contributed by atoms with Crippen LogP contribution in [0.5, 0.6) is 0 Å². The van der Waals surface area contributed by atoms with Crippen LogP contribution in [0.15, 0.2) is 35.5 Å². The lowest BCUT2D eigenvalue weighted by Gasteiger charge is -2.01. The average Bonchev–Trinajstić information content (AvgIpc) is 2.21. The van der Waals surface area contributed by atoms with Gasteiger partial charge in [0.1, 0.15) is 0 Å². The highest BCUT2D eigenvalue weighted by Crippen LogP contribution is 2.11. The van der Waals surface area contributed by atoms with Gasteiger partial charge in [-0.05, 0) is 59.8 Å². The van der Waals surface area contributed by atoms with Crippen molar-refractivity contribution >= 4 is 0 Å². The van der Waals surface area contributed by atoms with Gasteiger partial charge in [-0.25, -0.2) is 0 Å². The van der Waals surface area contributed by atoms with Gasteiger partial charge in [0.15, 0.2) is 0 Å². The second-order valence-corrected chi connectivity index (χ2v) is 4.29. The van der Waals surface area contributed by atoms with E-state index in [2.05, 4.69) is 52.0 Å². The molecule has 0 heterocycles. The van der Waals surface area contributed by atoms with E-state index in [0.29, 0.717) is 0 Å². The summed E-state index contributed by atoms with van der Waals surface area (Å²) in [5.41, 5.74) is 3.03. The first-order chi connectivity index (χ1) is 7.18. The lowest BCUT2D eigenvalue weighted by molar-refractivity contribution is 0.819. The normalized spacial score (nSPS) is 11.5. The minimum Gasteiger partial charge on any atom is -0.0917 e. The molecule has 0 nitrogen and oxygen atoms in total. The van der Waals surface area contributed by atoms with E-state index in [1.807, 2.05) is 0 Å². The summed E-state index contributed by atoms with van der Waals surface area (Å²) in [4.78, 5) is 0. The molecule has 0 aliphatic rings. The van der Waals surface area contributed by atoms with E-state index < -0.39 is 0 Å². The van der Waals surface area contributed by atoms with Gasteiger partial charge < -0.3 is 0 Å². The fourth-order valence-corrected chi connectivity index (χ4v) is 1.33. The minimum atomic E-state index is 1.18. The van der Waals surface area contributed by atoms with Crippen LogP contribution < -0.4 is 0 Å². The number of unbranched alkanes of at least 4 members (excludes halogenated alkanes) is 2. The summed E-state index contributed by atoms with van der Waals surface area (Å²) in [6.07, 6.45) is 15.1. The molecule has 0 amide bonds. The number of allylic oxidation sites excluding steroid dienone is 6. The lowest BCUT2D eigenvalue weighted by atomic mass is 10.1. The summed E-state index contributed by atoms with van der Waals surface area (Å²) in [5, 5.41) is 0. The van der Waals surface area contributed by atoms with Gasteiger partial charge in [0.25, 0.3) is 0 Å². The largest absolute Gasteiger partial charge is 0.0917 e. The predicted octanol–water partition coefficient (Wildman–Crippen LogP) is 5.43. The SMILES string of the molecule is CC=CCCC=CCCCC(C)=C(C)C. The zero-order valence-corrected chi connectivity index (χ0v) is 10.8. The van der Waals surface area contributed by atoms with Gasteiger partial charge >= 0.3 is 0 Å². The van der Waals surface area contributed by atoms with Gasteiger partial charge in [-0.2, -0.15) is 0 Å². The second kappa shape index (κ2) is 9.76. The smallest absolute Gasteiger partial charge is 0.0316 e. The van der Waals surface area contributed by atoms with E-state index in [1.54, 1.807) is 5.57 Å². The third-order valence-corrected chi connectivity index (χ3v) is 2.68. The summed E-state index contributed by atoms with van der Waals surface area (Å²) in [6, 6.07) is 0.